The van der Waals surface area contributed by atoms with Crippen LogP contribution in [-0.2, 0) is 9.53 Å². The first-order chi connectivity index (χ1) is 14.3. The van der Waals surface area contributed by atoms with Crippen LogP contribution >= 0.6 is 31.9 Å². The molecule has 0 saturated heterocycles. The third-order valence-electron chi connectivity index (χ3n) is 4.26. The Morgan fingerprint density at radius 2 is 1.80 bits per heavy atom. The SMILES string of the molecule is CCOC(=O)C1=C(CBr)NC(c2c(F)cc(F)cc2F)=NC1c1ccc(F)cc1Br. The van der Waals surface area contributed by atoms with Crippen LogP contribution in [0.4, 0.5) is 17.6 Å². The number of carbonyl (C=O) groups excluding carboxylic acids is 1. The number of benzene rings is 2. The minimum absolute atomic E-state index is 0.0903. The normalized spacial score (nSPS) is 16.2. The molecule has 1 atom stereocenters. The zero-order valence-corrected chi connectivity index (χ0v) is 18.6. The first-order valence-electron chi connectivity index (χ1n) is 8.67. The molecule has 4 nitrogen and oxygen atoms in total. The molecule has 2 aromatic carbocycles. The average molecular weight is 550 g/mol. The van der Waals surface area contributed by atoms with Gasteiger partial charge in [0, 0.05) is 27.6 Å². The summed E-state index contributed by atoms with van der Waals surface area (Å²) in [6.45, 7) is 1.72. The first-order valence-corrected chi connectivity index (χ1v) is 10.6. The summed E-state index contributed by atoms with van der Waals surface area (Å²) in [7, 11) is 0. The van der Waals surface area contributed by atoms with E-state index in [1.54, 1.807) is 6.92 Å². The van der Waals surface area contributed by atoms with E-state index in [0.717, 1.165) is 0 Å². The average Bonchev–Trinajstić information content (AvgIpc) is 2.66. The highest BCUT2D eigenvalue weighted by molar-refractivity contribution is 9.10. The number of ether oxygens (including phenoxy) is 1. The van der Waals surface area contributed by atoms with Gasteiger partial charge < -0.3 is 10.1 Å². The Morgan fingerprint density at radius 3 is 2.37 bits per heavy atom. The molecular weight excluding hydrogens is 536 g/mol. The van der Waals surface area contributed by atoms with Gasteiger partial charge in [0.1, 0.15) is 35.1 Å². The third-order valence-corrected chi connectivity index (χ3v) is 5.50. The molecule has 158 valence electrons. The first kappa shape index (κ1) is 22.5. The van der Waals surface area contributed by atoms with E-state index in [1.165, 1.54) is 18.2 Å². The van der Waals surface area contributed by atoms with Gasteiger partial charge in [-0.15, -0.1) is 0 Å². The molecule has 0 radical (unpaired) electrons. The van der Waals surface area contributed by atoms with Crippen molar-refractivity contribution in [3.8, 4) is 0 Å². The number of rotatable bonds is 5. The molecule has 0 aliphatic carbocycles. The maximum atomic E-state index is 14.4. The number of halogens is 6. The van der Waals surface area contributed by atoms with Gasteiger partial charge in [0.15, 0.2) is 0 Å². The summed E-state index contributed by atoms with van der Waals surface area (Å²) in [5.74, 6) is -4.86. The summed E-state index contributed by atoms with van der Waals surface area (Å²) in [6.07, 6.45) is 0. The minimum Gasteiger partial charge on any atom is -0.463 e. The molecule has 0 fully saturated rings. The van der Waals surface area contributed by atoms with E-state index >= 15 is 0 Å². The molecule has 1 heterocycles. The molecule has 2 aromatic rings. The minimum atomic E-state index is -1.16. The number of aliphatic imine (C=N–C) groups is 1. The summed E-state index contributed by atoms with van der Waals surface area (Å²) >= 11 is 6.49. The number of alkyl halides is 1. The number of nitrogens with zero attached hydrogens (tertiary/aromatic N) is 1. The van der Waals surface area contributed by atoms with Gasteiger partial charge in [-0.1, -0.05) is 37.9 Å². The van der Waals surface area contributed by atoms with Crippen molar-refractivity contribution < 1.29 is 27.1 Å². The molecule has 3 rings (SSSR count). The molecule has 1 unspecified atom stereocenters. The van der Waals surface area contributed by atoms with Gasteiger partial charge in [-0.3, -0.25) is 4.99 Å². The highest BCUT2D eigenvalue weighted by Crippen LogP contribution is 2.37. The summed E-state index contributed by atoms with van der Waals surface area (Å²) in [5.41, 5.74) is 0.135. The topological polar surface area (TPSA) is 50.7 Å². The van der Waals surface area contributed by atoms with Crippen molar-refractivity contribution in [2.24, 2.45) is 4.99 Å². The van der Waals surface area contributed by atoms with E-state index in [-0.39, 0.29) is 29.0 Å². The zero-order chi connectivity index (χ0) is 22.0. The Bertz CT molecular complexity index is 1050. The molecule has 1 N–H and O–H groups in total. The Morgan fingerprint density at radius 1 is 1.13 bits per heavy atom. The second-order valence-electron chi connectivity index (χ2n) is 6.16. The Labute approximate surface area is 186 Å². The number of esters is 1. The van der Waals surface area contributed by atoms with Gasteiger partial charge in [-0.25, -0.2) is 22.4 Å². The van der Waals surface area contributed by atoms with Crippen LogP contribution in [0.1, 0.15) is 24.1 Å². The molecule has 0 amide bonds. The summed E-state index contributed by atoms with van der Waals surface area (Å²) in [6, 6.07) is 3.76. The molecule has 30 heavy (non-hydrogen) atoms. The van der Waals surface area contributed by atoms with Crippen molar-refractivity contribution in [2.75, 3.05) is 11.9 Å². The van der Waals surface area contributed by atoms with Crippen LogP contribution in [-0.4, -0.2) is 23.7 Å². The number of hydrogen-bond donors (Lipinski definition) is 1. The standard InChI is InChI=1S/C20H14Br2F4N2O2/c1-2-30-20(29)17-15(8-21)27-19(16-13(25)6-10(24)7-14(16)26)28-18(17)11-4-3-9(23)5-12(11)22/h3-7,18H,2,8H2,1H3,(H,27,28). The van der Waals surface area contributed by atoms with E-state index in [9.17, 15) is 22.4 Å². The second kappa shape index (κ2) is 9.30. The van der Waals surface area contributed by atoms with E-state index in [1.807, 2.05) is 0 Å². The molecule has 10 heteroatoms. The predicted octanol–water partition coefficient (Wildman–Crippen LogP) is 5.31. The smallest absolute Gasteiger partial charge is 0.338 e. The molecule has 0 saturated carbocycles. The van der Waals surface area contributed by atoms with Gasteiger partial charge >= 0.3 is 5.97 Å². The fraction of sp³-hybridized carbons (Fsp3) is 0.200. The number of amidine groups is 1. The molecule has 1 aliphatic rings. The molecular formula is C20H14Br2F4N2O2. The second-order valence-corrected chi connectivity index (χ2v) is 7.58. The van der Waals surface area contributed by atoms with Gasteiger partial charge in [-0.2, -0.15) is 0 Å². The lowest BCUT2D eigenvalue weighted by Gasteiger charge is -2.28. The van der Waals surface area contributed by atoms with E-state index in [0.29, 0.717) is 22.2 Å². The summed E-state index contributed by atoms with van der Waals surface area (Å²) < 4.78 is 61.1. The highest BCUT2D eigenvalue weighted by Gasteiger charge is 2.34. The number of nitrogens with one attached hydrogen (secondary N) is 1. The van der Waals surface area contributed by atoms with Crippen LogP contribution < -0.4 is 5.32 Å². The maximum Gasteiger partial charge on any atom is 0.338 e. The van der Waals surface area contributed by atoms with Crippen LogP contribution in [0.15, 0.2) is 51.1 Å². The van der Waals surface area contributed by atoms with Crippen molar-refractivity contribution >= 4 is 43.7 Å². The number of allylic oxidation sites excluding steroid dienone is 1. The quantitative estimate of drug-likeness (QED) is 0.312. The highest BCUT2D eigenvalue weighted by atomic mass is 79.9. The van der Waals surface area contributed by atoms with Gasteiger partial charge in [0.25, 0.3) is 0 Å². The lowest BCUT2D eigenvalue weighted by atomic mass is 9.95. The van der Waals surface area contributed by atoms with Crippen LogP contribution in [0.2, 0.25) is 0 Å². The lowest BCUT2D eigenvalue weighted by Crippen LogP contribution is -2.35. The van der Waals surface area contributed by atoms with Crippen molar-refractivity contribution in [2.45, 2.75) is 13.0 Å². The zero-order valence-electron chi connectivity index (χ0n) is 15.4. The van der Waals surface area contributed by atoms with Crippen molar-refractivity contribution in [1.29, 1.82) is 0 Å². The fourth-order valence-electron chi connectivity index (χ4n) is 2.99. The Hall–Kier alpha value is -2.20. The molecule has 0 spiro atoms. The van der Waals surface area contributed by atoms with E-state index < -0.39 is 40.8 Å². The van der Waals surface area contributed by atoms with Crippen LogP contribution in [0.5, 0.6) is 0 Å². The van der Waals surface area contributed by atoms with Crippen molar-refractivity contribution in [1.82, 2.24) is 5.32 Å². The molecule has 1 aliphatic heterocycles. The van der Waals surface area contributed by atoms with Gasteiger partial charge in [0.05, 0.1) is 17.7 Å². The van der Waals surface area contributed by atoms with Crippen LogP contribution in [0.25, 0.3) is 0 Å². The largest absolute Gasteiger partial charge is 0.463 e. The molecule has 0 bridgehead atoms. The Kier molecular flexibility index (Phi) is 6.97. The number of hydrogen-bond acceptors (Lipinski definition) is 4. The van der Waals surface area contributed by atoms with Gasteiger partial charge in [-0.05, 0) is 24.6 Å². The monoisotopic (exact) mass is 548 g/mol. The van der Waals surface area contributed by atoms with Crippen molar-refractivity contribution in [3.05, 3.63) is 80.5 Å². The number of carbonyl (C=O) groups is 1. The predicted molar refractivity (Wildman–Crippen MR) is 110 cm³/mol. The van der Waals surface area contributed by atoms with Crippen molar-refractivity contribution in [3.63, 3.8) is 0 Å². The molecule has 0 aromatic heterocycles. The van der Waals surface area contributed by atoms with E-state index in [2.05, 4.69) is 42.2 Å². The Balaban J connectivity index is 2.23. The van der Waals surface area contributed by atoms with E-state index in [4.69, 9.17) is 4.74 Å². The summed E-state index contributed by atoms with van der Waals surface area (Å²) in [4.78, 5) is 17.0. The van der Waals surface area contributed by atoms with Crippen LogP contribution in [0.3, 0.4) is 0 Å². The third kappa shape index (κ3) is 4.44. The van der Waals surface area contributed by atoms with Gasteiger partial charge in [0.2, 0.25) is 0 Å². The lowest BCUT2D eigenvalue weighted by molar-refractivity contribution is -0.138. The fourth-order valence-corrected chi connectivity index (χ4v) is 4.00. The van der Waals surface area contributed by atoms with Crippen LogP contribution in [0, 0.1) is 23.3 Å². The summed E-state index contributed by atoms with van der Waals surface area (Å²) in [5, 5.41) is 2.83. The maximum absolute atomic E-state index is 14.4.